The Morgan fingerprint density at radius 3 is 2.75 bits per heavy atom. The van der Waals surface area contributed by atoms with Crippen molar-refractivity contribution in [3.63, 3.8) is 0 Å². The highest BCUT2D eigenvalue weighted by Crippen LogP contribution is 2.33. The minimum atomic E-state index is -0.531. The van der Waals surface area contributed by atoms with E-state index in [-0.39, 0.29) is 33.6 Å². The predicted octanol–water partition coefficient (Wildman–Crippen LogP) is 5.70. The number of nitriles is 1. The summed E-state index contributed by atoms with van der Waals surface area (Å²) in [7, 11) is 0. The van der Waals surface area contributed by atoms with Gasteiger partial charge < -0.3 is 9.73 Å². The first kappa shape index (κ1) is 21.5. The van der Waals surface area contributed by atoms with Crippen molar-refractivity contribution < 1.29 is 8.81 Å². The first-order chi connectivity index (χ1) is 15.3. The fourth-order valence-electron chi connectivity index (χ4n) is 3.64. The molecule has 3 aromatic heterocycles. The molecule has 160 valence electrons. The van der Waals surface area contributed by atoms with Crippen LogP contribution in [-0.2, 0) is 0 Å². The van der Waals surface area contributed by atoms with E-state index in [4.69, 9.17) is 16.0 Å². The quantitative estimate of drug-likeness (QED) is 0.402. The monoisotopic (exact) mass is 448 g/mol. The standard InChI is InChI=1S/C24H18ClFN4O2/c1-12-8-15(14(3)29-19-4-5-21(25)30-20(19)10-27)24-16(9-12)22(31)13(2)23(32-24)17-11-28-7-6-18(17)26/h4-9,11,14,29H,1-3H3. The number of rotatable bonds is 4. The lowest BCUT2D eigenvalue weighted by Gasteiger charge is -2.19. The summed E-state index contributed by atoms with van der Waals surface area (Å²) in [5.74, 6) is -0.396. The van der Waals surface area contributed by atoms with Gasteiger partial charge in [0.25, 0.3) is 0 Å². The van der Waals surface area contributed by atoms with Gasteiger partial charge in [-0.25, -0.2) is 9.37 Å². The molecule has 0 spiro atoms. The number of pyridine rings is 2. The molecule has 3 heterocycles. The van der Waals surface area contributed by atoms with Crippen molar-refractivity contribution in [3.8, 4) is 17.4 Å². The fraction of sp³-hybridized carbons (Fsp3) is 0.167. The second kappa shape index (κ2) is 8.40. The molecule has 4 aromatic rings. The first-order valence-corrected chi connectivity index (χ1v) is 10.2. The number of aromatic nitrogens is 2. The van der Waals surface area contributed by atoms with E-state index in [9.17, 15) is 14.4 Å². The van der Waals surface area contributed by atoms with E-state index in [0.717, 1.165) is 5.56 Å². The van der Waals surface area contributed by atoms with Crippen LogP contribution in [0.25, 0.3) is 22.3 Å². The molecule has 0 radical (unpaired) electrons. The molecule has 1 atom stereocenters. The van der Waals surface area contributed by atoms with Gasteiger partial charge in [0.1, 0.15) is 28.4 Å². The van der Waals surface area contributed by atoms with Gasteiger partial charge >= 0.3 is 0 Å². The van der Waals surface area contributed by atoms with Gasteiger partial charge in [-0.2, -0.15) is 5.26 Å². The van der Waals surface area contributed by atoms with E-state index in [1.807, 2.05) is 26.0 Å². The Kier molecular flexibility index (Phi) is 5.64. The zero-order valence-corrected chi connectivity index (χ0v) is 18.3. The Hall–Kier alpha value is -3.76. The minimum absolute atomic E-state index is 0.116. The predicted molar refractivity (Wildman–Crippen MR) is 121 cm³/mol. The third kappa shape index (κ3) is 3.81. The van der Waals surface area contributed by atoms with Gasteiger partial charge in [-0.1, -0.05) is 17.7 Å². The Morgan fingerprint density at radius 2 is 2.03 bits per heavy atom. The molecular weight excluding hydrogens is 431 g/mol. The van der Waals surface area contributed by atoms with Crippen LogP contribution in [-0.4, -0.2) is 9.97 Å². The van der Waals surface area contributed by atoms with Crippen LogP contribution in [0.3, 0.4) is 0 Å². The number of benzene rings is 1. The summed E-state index contributed by atoms with van der Waals surface area (Å²) >= 11 is 5.89. The van der Waals surface area contributed by atoms with Crippen LogP contribution in [0.15, 0.2) is 51.9 Å². The van der Waals surface area contributed by atoms with Crippen molar-refractivity contribution in [2.75, 3.05) is 5.32 Å². The summed E-state index contributed by atoms with van der Waals surface area (Å²) in [6, 6.07) is 9.75. The van der Waals surface area contributed by atoms with Crippen LogP contribution in [0, 0.1) is 31.0 Å². The number of hydrogen-bond donors (Lipinski definition) is 1. The van der Waals surface area contributed by atoms with Gasteiger partial charge in [-0.15, -0.1) is 0 Å². The summed E-state index contributed by atoms with van der Waals surface area (Å²) in [5.41, 5.74) is 2.70. The van der Waals surface area contributed by atoms with E-state index < -0.39 is 5.82 Å². The van der Waals surface area contributed by atoms with E-state index in [0.29, 0.717) is 27.8 Å². The maximum atomic E-state index is 14.5. The van der Waals surface area contributed by atoms with Gasteiger partial charge in [0.2, 0.25) is 0 Å². The fourth-order valence-corrected chi connectivity index (χ4v) is 3.79. The van der Waals surface area contributed by atoms with E-state index in [1.54, 1.807) is 25.1 Å². The maximum Gasteiger partial charge on any atom is 0.196 e. The maximum absolute atomic E-state index is 14.5. The van der Waals surface area contributed by atoms with Gasteiger partial charge in [0.05, 0.1) is 22.7 Å². The van der Waals surface area contributed by atoms with Gasteiger partial charge in [-0.3, -0.25) is 9.78 Å². The van der Waals surface area contributed by atoms with Crippen LogP contribution in [0.1, 0.15) is 35.3 Å². The molecule has 6 nitrogen and oxygen atoms in total. The molecule has 0 aliphatic heterocycles. The van der Waals surface area contributed by atoms with Crippen LogP contribution in [0.4, 0.5) is 10.1 Å². The average Bonchev–Trinajstić information content (AvgIpc) is 2.77. The number of anilines is 1. The summed E-state index contributed by atoms with van der Waals surface area (Å²) < 4.78 is 20.6. The number of hydrogen-bond acceptors (Lipinski definition) is 6. The molecule has 1 aromatic carbocycles. The molecule has 0 saturated carbocycles. The molecule has 0 bridgehead atoms. The second-order valence-electron chi connectivity index (χ2n) is 7.48. The number of fused-ring (bicyclic) bond motifs is 1. The summed E-state index contributed by atoms with van der Waals surface area (Å²) in [5, 5.41) is 13.2. The Balaban J connectivity index is 1.91. The van der Waals surface area contributed by atoms with Crippen molar-refractivity contribution in [3.05, 3.63) is 86.3 Å². The van der Waals surface area contributed by atoms with Crippen molar-refractivity contribution in [2.24, 2.45) is 0 Å². The molecule has 0 saturated heterocycles. The third-order valence-electron chi connectivity index (χ3n) is 5.21. The lowest BCUT2D eigenvalue weighted by molar-refractivity contribution is 0.584. The molecule has 1 N–H and O–H groups in total. The molecule has 0 aliphatic carbocycles. The molecule has 0 amide bonds. The van der Waals surface area contributed by atoms with Crippen molar-refractivity contribution in [1.82, 2.24) is 9.97 Å². The number of nitrogens with zero attached hydrogens (tertiary/aromatic N) is 3. The SMILES string of the molecule is Cc1cc(C(C)Nc2ccc(Cl)nc2C#N)c2oc(-c3cnccc3F)c(C)c(=O)c2c1. The molecule has 4 rings (SSSR count). The normalized spacial score (nSPS) is 11.9. The van der Waals surface area contributed by atoms with Gasteiger partial charge in [-0.05, 0) is 50.6 Å². The molecule has 1 unspecified atom stereocenters. The highest BCUT2D eigenvalue weighted by Gasteiger charge is 2.21. The van der Waals surface area contributed by atoms with Crippen molar-refractivity contribution in [1.29, 1.82) is 5.26 Å². The molecular formula is C24H18ClFN4O2. The van der Waals surface area contributed by atoms with Crippen LogP contribution in [0.2, 0.25) is 5.15 Å². The molecule has 0 fully saturated rings. The smallest absolute Gasteiger partial charge is 0.196 e. The minimum Gasteiger partial charge on any atom is -0.455 e. The summed E-state index contributed by atoms with van der Waals surface area (Å²) in [4.78, 5) is 21.2. The summed E-state index contributed by atoms with van der Waals surface area (Å²) in [6.45, 7) is 5.35. The summed E-state index contributed by atoms with van der Waals surface area (Å²) in [6.07, 6.45) is 2.67. The zero-order chi connectivity index (χ0) is 23.0. The van der Waals surface area contributed by atoms with Gasteiger partial charge in [0, 0.05) is 23.5 Å². The second-order valence-corrected chi connectivity index (χ2v) is 7.87. The van der Waals surface area contributed by atoms with Gasteiger partial charge in [0.15, 0.2) is 11.1 Å². The molecule has 0 aliphatic rings. The number of halogens is 2. The Labute approximate surface area is 188 Å². The first-order valence-electron chi connectivity index (χ1n) is 9.81. The number of nitrogens with one attached hydrogen (secondary N) is 1. The topological polar surface area (TPSA) is 91.8 Å². The highest BCUT2D eigenvalue weighted by molar-refractivity contribution is 6.29. The van der Waals surface area contributed by atoms with Crippen molar-refractivity contribution in [2.45, 2.75) is 26.8 Å². The van der Waals surface area contributed by atoms with E-state index in [2.05, 4.69) is 15.3 Å². The molecule has 8 heteroatoms. The zero-order valence-electron chi connectivity index (χ0n) is 17.5. The van der Waals surface area contributed by atoms with E-state index in [1.165, 1.54) is 18.5 Å². The largest absolute Gasteiger partial charge is 0.455 e. The highest BCUT2D eigenvalue weighted by atomic mass is 35.5. The lowest BCUT2D eigenvalue weighted by atomic mass is 9.99. The van der Waals surface area contributed by atoms with Crippen LogP contribution >= 0.6 is 11.6 Å². The van der Waals surface area contributed by atoms with E-state index >= 15 is 0 Å². The average molecular weight is 449 g/mol. The van der Waals surface area contributed by atoms with Crippen LogP contribution < -0.4 is 10.7 Å². The molecule has 32 heavy (non-hydrogen) atoms. The van der Waals surface area contributed by atoms with Crippen LogP contribution in [0.5, 0.6) is 0 Å². The Bertz CT molecular complexity index is 1460. The third-order valence-corrected chi connectivity index (χ3v) is 5.42. The van der Waals surface area contributed by atoms with Crippen molar-refractivity contribution >= 4 is 28.3 Å². The lowest BCUT2D eigenvalue weighted by Crippen LogP contribution is -2.13. The number of aryl methyl sites for hydroxylation is 1. The Morgan fingerprint density at radius 1 is 1.25 bits per heavy atom.